The number of halogens is 1. The molecular weight excluding hydrogens is 255 g/mol. The summed E-state index contributed by atoms with van der Waals surface area (Å²) in [4.78, 5) is 6.96. The Morgan fingerprint density at radius 1 is 1.20 bits per heavy atom. The molecular formula is C16H19FN2O. The molecule has 0 unspecified atom stereocenters. The van der Waals surface area contributed by atoms with Crippen molar-refractivity contribution in [2.45, 2.75) is 19.4 Å². The van der Waals surface area contributed by atoms with Crippen molar-refractivity contribution in [3.63, 3.8) is 0 Å². The van der Waals surface area contributed by atoms with Gasteiger partial charge in [-0.3, -0.25) is 9.88 Å². The first-order valence-electron chi connectivity index (χ1n) is 7.13. The van der Waals surface area contributed by atoms with Crippen LogP contribution in [0.3, 0.4) is 0 Å². The molecule has 1 aromatic carbocycles. The van der Waals surface area contributed by atoms with Gasteiger partial charge in [-0.15, -0.1) is 0 Å². The lowest BCUT2D eigenvalue weighted by molar-refractivity contribution is 0.126. The number of pyridine rings is 1. The smallest absolute Gasteiger partial charge is 0.123 e. The fourth-order valence-corrected chi connectivity index (χ4v) is 2.78. The highest BCUT2D eigenvalue weighted by atomic mass is 19.1. The van der Waals surface area contributed by atoms with E-state index in [0.29, 0.717) is 12.5 Å². The van der Waals surface area contributed by atoms with E-state index < -0.39 is 0 Å². The zero-order valence-electron chi connectivity index (χ0n) is 11.4. The second-order valence-electron chi connectivity index (χ2n) is 5.54. The highest BCUT2D eigenvalue weighted by molar-refractivity contribution is 5.78. The molecule has 1 saturated heterocycles. The van der Waals surface area contributed by atoms with Crippen LogP contribution >= 0.6 is 0 Å². The number of hydrogen-bond donors (Lipinski definition) is 1. The van der Waals surface area contributed by atoms with E-state index in [-0.39, 0.29) is 5.82 Å². The Bertz CT molecular complexity index is 594. The number of fused-ring (bicyclic) bond motifs is 1. The van der Waals surface area contributed by atoms with E-state index in [1.54, 1.807) is 6.07 Å². The summed E-state index contributed by atoms with van der Waals surface area (Å²) in [5.41, 5.74) is 1.86. The third kappa shape index (κ3) is 2.97. The van der Waals surface area contributed by atoms with Crippen molar-refractivity contribution in [3.8, 4) is 0 Å². The van der Waals surface area contributed by atoms with Crippen LogP contribution in [0.15, 0.2) is 30.3 Å². The maximum absolute atomic E-state index is 13.1. The Hall–Kier alpha value is -1.52. The lowest BCUT2D eigenvalue weighted by Crippen LogP contribution is -2.34. The quantitative estimate of drug-likeness (QED) is 0.934. The molecule has 1 aromatic heterocycles. The maximum Gasteiger partial charge on any atom is 0.123 e. The van der Waals surface area contributed by atoms with Gasteiger partial charge in [-0.05, 0) is 56.1 Å². The molecule has 0 saturated carbocycles. The average Bonchev–Trinajstić information content (AvgIpc) is 2.48. The Labute approximate surface area is 118 Å². The van der Waals surface area contributed by atoms with E-state index in [9.17, 15) is 4.39 Å². The normalized spacial score (nSPS) is 17.7. The van der Waals surface area contributed by atoms with Crippen LogP contribution < -0.4 is 0 Å². The van der Waals surface area contributed by atoms with Crippen molar-refractivity contribution >= 4 is 10.9 Å². The van der Waals surface area contributed by atoms with Crippen LogP contribution in [0.5, 0.6) is 0 Å². The second kappa shape index (κ2) is 5.85. The molecule has 0 bridgehead atoms. The molecule has 1 aliphatic heterocycles. The SMILES string of the molecule is OCC1CCN(Cc2ccc3cc(F)ccc3n2)CC1. The van der Waals surface area contributed by atoms with Crippen molar-refractivity contribution in [2.75, 3.05) is 19.7 Å². The first kappa shape index (κ1) is 13.5. The Morgan fingerprint density at radius 2 is 2.00 bits per heavy atom. The van der Waals surface area contributed by atoms with Gasteiger partial charge in [0.15, 0.2) is 0 Å². The number of aliphatic hydroxyl groups excluding tert-OH is 1. The first-order valence-corrected chi connectivity index (χ1v) is 7.13. The van der Waals surface area contributed by atoms with E-state index >= 15 is 0 Å². The predicted molar refractivity (Wildman–Crippen MR) is 76.8 cm³/mol. The van der Waals surface area contributed by atoms with E-state index in [0.717, 1.165) is 49.1 Å². The zero-order valence-corrected chi connectivity index (χ0v) is 11.4. The summed E-state index contributed by atoms with van der Waals surface area (Å²) < 4.78 is 13.1. The predicted octanol–water partition coefficient (Wildman–Crippen LogP) is 2.58. The van der Waals surface area contributed by atoms with E-state index in [1.807, 2.05) is 12.1 Å². The topological polar surface area (TPSA) is 36.4 Å². The zero-order chi connectivity index (χ0) is 13.9. The lowest BCUT2D eigenvalue weighted by atomic mass is 9.98. The third-order valence-electron chi connectivity index (χ3n) is 4.06. The minimum absolute atomic E-state index is 0.224. The monoisotopic (exact) mass is 274 g/mol. The molecule has 0 atom stereocenters. The molecule has 2 aromatic rings. The van der Waals surface area contributed by atoms with Gasteiger partial charge < -0.3 is 5.11 Å². The van der Waals surface area contributed by atoms with Crippen molar-refractivity contribution in [1.82, 2.24) is 9.88 Å². The van der Waals surface area contributed by atoms with E-state index in [1.165, 1.54) is 12.1 Å². The number of benzene rings is 1. The van der Waals surface area contributed by atoms with Crippen molar-refractivity contribution < 1.29 is 9.50 Å². The highest BCUT2D eigenvalue weighted by Crippen LogP contribution is 2.19. The summed E-state index contributed by atoms with van der Waals surface area (Å²) >= 11 is 0. The number of aromatic nitrogens is 1. The number of aliphatic hydroxyl groups is 1. The van der Waals surface area contributed by atoms with Crippen LogP contribution in [0.1, 0.15) is 18.5 Å². The van der Waals surface area contributed by atoms with Crippen molar-refractivity contribution in [3.05, 3.63) is 41.8 Å². The average molecular weight is 274 g/mol. The summed E-state index contributed by atoms with van der Waals surface area (Å²) in [5, 5.41) is 9.99. The van der Waals surface area contributed by atoms with Crippen molar-refractivity contribution in [1.29, 1.82) is 0 Å². The molecule has 1 N–H and O–H groups in total. The number of nitrogens with zero attached hydrogens (tertiary/aromatic N) is 2. The van der Waals surface area contributed by atoms with Gasteiger partial charge in [0.05, 0.1) is 11.2 Å². The largest absolute Gasteiger partial charge is 0.396 e. The van der Waals surface area contributed by atoms with Gasteiger partial charge in [0.2, 0.25) is 0 Å². The van der Waals surface area contributed by atoms with Gasteiger partial charge in [0.25, 0.3) is 0 Å². The number of rotatable bonds is 3. The van der Waals surface area contributed by atoms with Crippen LogP contribution in [0.2, 0.25) is 0 Å². The third-order valence-corrected chi connectivity index (χ3v) is 4.06. The standard InChI is InChI=1S/C16H19FN2O/c17-14-2-4-16-13(9-14)1-3-15(18-16)10-19-7-5-12(11-20)6-8-19/h1-4,9,12,20H,5-8,10-11H2. The molecule has 1 aliphatic rings. The number of likely N-dealkylation sites (tertiary alicyclic amines) is 1. The molecule has 3 rings (SSSR count). The molecule has 0 spiro atoms. The summed E-state index contributed by atoms with van der Waals surface area (Å²) in [6, 6.07) is 8.60. The second-order valence-corrected chi connectivity index (χ2v) is 5.54. The van der Waals surface area contributed by atoms with Gasteiger partial charge in [0, 0.05) is 18.5 Å². The Kier molecular flexibility index (Phi) is 3.94. The molecule has 3 nitrogen and oxygen atoms in total. The van der Waals surface area contributed by atoms with E-state index in [2.05, 4.69) is 9.88 Å². The molecule has 1 fully saturated rings. The van der Waals surface area contributed by atoms with Gasteiger partial charge >= 0.3 is 0 Å². The van der Waals surface area contributed by atoms with Gasteiger partial charge in [0.1, 0.15) is 5.82 Å². The van der Waals surface area contributed by atoms with Crippen LogP contribution in [0.25, 0.3) is 10.9 Å². The van der Waals surface area contributed by atoms with Crippen LogP contribution in [-0.4, -0.2) is 34.7 Å². The van der Waals surface area contributed by atoms with Crippen LogP contribution in [0, 0.1) is 11.7 Å². The lowest BCUT2D eigenvalue weighted by Gasteiger charge is -2.30. The molecule has 0 radical (unpaired) electrons. The Balaban J connectivity index is 1.70. The summed E-state index contributed by atoms with van der Waals surface area (Å²) in [6.07, 6.45) is 2.10. The fraction of sp³-hybridized carbons (Fsp3) is 0.438. The molecule has 106 valence electrons. The summed E-state index contributed by atoms with van der Waals surface area (Å²) in [7, 11) is 0. The summed E-state index contributed by atoms with van der Waals surface area (Å²) in [5.74, 6) is 0.233. The van der Waals surface area contributed by atoms with Gasteiger partial charge in [-0.1, -0.05) is 6.07 Å². The molecule has 0 aliphatic carbocycles. The van der Waals surface area contributed by atoms with Gasteiger partial charge in [-0.25, -0.2) is 4.39 Å². The first-order chi connectivity index (χ1) is 9.74. The van der Waals surface area contributed by atoms with Crippen LogP contribution in [-0.2, 0) is 6.54 Å². The Morgan fingerprint density at radius 3 is 2.75 bits per heavy atom. The minimum atomic E-state index is -0.224. The number of piperidine rings is 1. The molecule has 20 heavy (non-hydrogen) atoms. The maximum atomic E-state index is 13.1. The van der Waals surface area contributed by atoms with Crippen molar-refractivity contribution in [2.24, 2.45) is 5.92 Å². The van der Waals surface area contributed by atoms with Gasteiger partial charge in [-0.2, -0.15) is 0 Å². The molecule has 2 heterocycles. The molecule has 4 heteroatoms. The molecule has 0 amide bonds. The number of hydrogen-bond acceptors (Lipinski definition) is 3. The summed E-state index contributed by atoms with van der Waals surface area (Å²) in [6.45, 7) is 3.14. The fourth-order valence-electron chi connectivity index (χ4n) is 2.78. The van der Waals surface area contributed by atoms with Crippen LogP contribution in [0.4, 0.5) is 4.39 Å². The van der Waals surface area contributed by atoms with E-state index in [4.69, 9.17) is 5.11 Å². The highest BCUT2D eigenvalue weighted by Gasteiger charge is 2.18. The minimum Gasteiger partial charge on any atom is -0.396 e.